The Bertz CT molecular complexity index is 1230. The van der Waals surface area contributed by atoms with Crippen LogP contribution < -0.4 is 22.9 Å². The molecule has 0 amide bonds. The highest BCUT2D eigenvalue weighted by Crippen LogP contribution is 2.37. The van der Waals surface area contributed by atoms with Crippen LogP contribution in [-0.4, -0.2) is 8.42 Å². The monoisotopic (exact) mass is 378 g/mol. The molecule has 0 heterocycles. The van der Waals surface area contributed by atoms with Gasteiger partial charge < -0.3 is 22.9 Å². The van der Waals surface area contributed by atoms with Gasteiger partial charge in [-0.1, -0.05) is 24.3 Å². The maximum Gasteiger partial charge on any atom is 0.210 e. The quantitative estimate of drug-likeness (QED) is 0.395. The SMILES string of the molecule is Nc1ccc2c(N)c(S(=O)(=O)c3ccc4cc(N)ccc4c3N)ccc2c1. The highest BCUT2D eigenvalue weighted by molar-refractivity contribution is 7.91. The zero-order valence-corrected chi connectivity index (χ0v) is 15.1. The average molecular weight is 378 g/mol. The van der Waals surface area contributed by atoms with Crippen molar-refractivity contribution in [2.45, 2.75) is 9.79 Å². The summed E-state index contributed by atoms with van der Waals surface area (Å²) in [5.74, 6) is 0. The van der Waals surface area contributed by atoms with Crippen LogP contribution in [0.5, 0.6) is 0 Å². The summed E-state index contributed by atoms with van der Waals surface area (Å²) in [5, 5.41) is 2.79. The first-order chi connectivity index (χ1) is 12.8. The van der Waals surface area contributed by atoms with E-state index in [1.165, 1.54) is 12.1 Å². The molecule has 4 aromatic carbocycles. The van der Waals surface area contributed by atoms with Crippen molar-refractivity contribution in [3.05, 3.63) is 60.7 Å². The average Bonchev–Trinajstić information content (AvgIpc) is 2.61. The maximum absolute atomic E-state index is 13.3. The van der Waals surface area contributed by atoms with Gasteiger partial charge in [-0.2, -0.15) is 0 Å². The summed E-state index contributed by atoms with van der Waals surface area (Å²) in [7, 11) is -3.92. The van der Waals surface area contributed by atoms with E-state index in [2.05, 4.69) is 0 Å². The Hall–Kier alpha value is -3.45. The molecule has 6 nitrogen and oxygen atoms in total. The van der Waals surface area contributed by atoms with Crippen molar-refractivity contribution < 1.29 is 8.42 Å². The molecule has 27 heavy (non-hydrogen) atoms. The van der Waals surface area contributed by atoms with Gasteiger partial charge >= 0.3 is 0 Å². The third-order valence-electron chi connectivity index (χ3n) is 4.67. The van der Waals surface area contributed by atoms with Crippen molar-refractivity contribution in [2.75, 3.05) is 22.9 Å². The first-order valence-electron chi connectivity index (χ1n) is 8.19. The lowest BCUT2D eigenvalue weighted by Gasteiger charge is -2.14. The number of fused-ring (bicyclic) bond motifs is 2. The number of anilines is 4. The zero-order valence-electron chi connectivity index (χ0n) is 14.3. The maximum atomic E-state index is 13.3. The van der Waals surface area contributed by atoms with Gasteiger partial charge in [-0.25, -0.2) is 8.42 Å². The molecule has 4 rings (SSSR count). The largest absolute Gasteiger partial charge is 0.399 e. The molecule has 0 unspecified atom stereocenters. The molecule has 8 N–H and O–H groups in total. The lowest BCUT2D eigenvalue weighted by Crippen LogP contribution is -2.09. The van der Waals surface area contributed by atoms with E-state index >= 15 is 0 Å². The zero-order chi connectivity index (χ0) is 19.3. The van der Waals surface area contributed by atoms with Gasteiger partial charge in [-0.15, -0.1) is 0 Å². The van der Waals surface area contributed by atoms with Crippen molar-refractivity contribution in [3.8, 4) is 0 Å². The first-order valence-corrected chi connectivity index (χ1v) is 9.68. The Morgan fingerprint density at radius 3 is 1.37 bits per heavy atom. The topological polar surface area (TPSA) is 138 Å². The minimum atomic E-state index is -3.92. The van der Waals surface area contributed by atoms with E-state index in [4.69, 9.17) is 22.9 Å². The number of nitrogen functional groups attached to an aromatic ring is 4. The Balaban J connectivity index is 1.97. The fourth-order valence-electron chi connectivity index (χ4n) is 3.29. The first kappa shape index (κ1) is 17.0. The fraction of sp³-hybridized carbons (Fsp3) is 0. The number of hydrogen-bond acceptors (Lipinski definition) is 6. The van der Waals surface area contributed by atoms with Crippen LogP contribution in [0.25, 0.3) is 21.5 Å². The molecule has 0 bridgehead atoms. The van der Waals surface area contributed by atoms with Crippen LogP contribution in [0.15, 0.2) is 70.5 Å². The van der Waals surface area contributed by atoms with Crippen LogP contribution in [-0.2, 0) is 9.84 Å². The third-order valence-corrected chi connectivity index (χ3v) is 6.54. The van der Waals surface area contributed by atoms with Gasteiger partial charge in [0.15, 0.2) is 0 Å². The Morgan fingerprint density at radius 2 is 0.963 bits per heavy atom. The van der Waals surface area contributed by atoms with Gasteiger partial charge in [-0.05, 0) is 47.2 Å². The molecule has 0 saturated heterocycles. The van der Waals surface area contributed by atoms with Crippen molar-refractivity contribution in [2.24, 2.45) is 0 Å². The molecule has 0 saturated carbocycles. The molecular formula is C20H18N4O2S. The molecule has 0 radical (unpaired) electrons. The summed E-state index contributed by atoms with van der Waals surface area (Å²) >= 11 is 0. The standard InChI is InChI=1S/C20H18N4O2S/c21-13-3-5-15-11(9-13)1-7-17(19(15)23)27(25,26)18-8-2-12-10-14(22)4-6-16(12)20(18)24/h1-10H,21-24H2. The molecule has 0 aliphatic heterocycles. The fourth-order valence-corrected chi connectivity index (χ4v) is 4.82. The van der Waals surface area contributed by atoms with E-state index in [1.54, 1.807) is 48.5 Å². The second kappa shape index (κ2) is 5.78. The van der Waals surface area contributed by atoms with Gasteiger partial charge in [0.2, 0.25) is 9.84 Å². The molecule has 0 atom stereocenters. The van der Waals surface area contributed by atoms with Gasteiger partial charge in [-0.3, -0.25) is 0 Å². The predicted octanol–water partition coefficient (Wildman–Crippen LogP) is 3.15. The Labute approximate surface area is 156 Å². The summed E-state index contributed by atoms with van der Waals surface area (Å²) in [6, 6.07) is 16.6. The molecule has 136 valence electrons. The summed E-state index contributed by atoms with van der Waals surface area (Å²) in [6.07, 6.45) is 0. The number of nitrogens with two attached hydrogens (primary N) is 4. The lowest BCUT2D eigenvalue weighted by atomic mass is 10.1. The van der Waals surface area contributed by atoms with Crippen LogP contribution in [0.2, 0.25) is 0 Å². The summed E-state index contributed by atoms with van der Waals surface area (Å²) in [5.41, 5.74) is 25.5. The van der Waals surface area contributed by atoms with E-state index in [0.29, 0.717) is 22.1 Å². The Morgan fingerprint density at radius 1 is 0.556 bits per heavy atom. The van der Waals surface area contributed by atoms with Gasteiger partial charge in [0.05, 0.1) is 21.2 Å². The van der Waals surface area contributed by atoms with Crippen molar-refractivity contribution in [3.63, 3.8) is 0 Å². The summed E-state index contributed by atoms with van der Waals surface area (Å²) in [4.78, 5) is 0.0301. The molecule has 0 aromatic heterocycles. The van der Waals surface area contributed by atoms with E-state index in [-0.39, 0.29) is 21.2 Å². The molecule has 0 aliphatic rings. The number of benzene rings is 4. The van der Waals surface area contributed by atoms with Gasteiger partial charge in [0.25, 0.3) is 0 Å². The molecule has 0 fully saturated rings. The molecule has 0 aliphatic carbocycles. The van der Waals surface area contributed by atoms with Gasteiger partial charge in [0, 0.05) is 22.1 Å². The Kier molecular flexibility index (Phi) is 3.64. The summed E-state index contributed by atoms with van der Waals surface area (Å²) < 4.78 is 26.6. The number of sulfone groups is 1. The minimum Gasteiger partial charge on any atom is -0.399 e. The van der Waals surface area contributed by atoms with Crippen molar-refractivity contribution in [1.29, 1.82) is 0 Å². The van der Waals surface area contributed by atoms with Crippen molar-refractivity contribution >= 4 is 54.1 Å². The normalized spacial score (nSPS) is 11.9. The highest BCUT2D eigenvalue weighted by atomic mass is 32.2. The van der Waals surface area contributed by atoms with Crippen LogP contribution >= 0.6 is 0 Å². The number of rotatable bonds is 2. The van der Waals surface area contributed by atoms with Gasteiger partial charge in [0.1, 0.15) is 0 Å². The summed E-state index contributed by atoms with van der Waals surface area (Å²) in [6.45, 7) is 0. The third kappa shape index (κ3) is 2.60. The second-order valence-corrected chi connectivity index (χ2v) is 8.31. The van der Waals surface area contributed by atoms with E-state index < -0.39 is 9.84 Å². The highest BCUT2D eigenvalue weighted by Gasteiger charge is 2.25. The second-order valence-electron chi connectivity index (χ2n) is 6.42. The van der Waals surface area contributed by atoms with Crippen LogP contribution in [0.4, 0.5) is 22.7 Å². The van der Waals surface area contributed by atoms with Crippen LogP contribution in [0.1, 0.15) is 0 Å². The van der Waals surface area contributed by atoms with Crippen molar-refractivity contribution in [1.82, 2.24) is 0 Å². The lowest BCUT2D eigenvalue weighted by molar-refractivity contribution is 0.597. The van der Waals surface area contributed by atoms with E-state index in [9.17, 15) is 8.42 Å². The van der Waals surface area contributed by atoms with E-state index in [0.717, 1.165) is 10.8 Å². The van der Waals surface area contributed by atoms with Crippen LogP contribution in [0, 0.1) is 0 Å². The smallest absolute Gasteiger partial charge is 0.210 e. The van der Waals surface area contributed by atoms with Crippen LogP contribution in [0.3, 0.4) is 0 Å². The molecular weight excluding hydrogens is 360 g/mol. The molecule has 7 heteroatoms. The molecule has 4 aromatic rings. The minimum absolute atomic E-state index is 0.0151. The number of hydrogen-bond donors (Lipinski definition) is 4. The molecule has 0 spiro atoms. The predicted molar refractivity (Wildman–Crippen MR) is 111 cm³/mol. The van der Waals surface area contributed by atoms with E-state index in [1.807, 2.05) is 0 Å².